The van der Waals surface area contributed by atoms with Crippen LogP contribution in [0.15, 0.2) is 95.9 Å². The number of hydrogen-bond acceptors (Lipinski definition) is 7. The highest BCUT2D eigenvalue weighted by Crippen LogP contribution is 2.30. The van der Waals surface area contributed by atoms with Gasteiger partial charge in [0.05, 0.1) is 10.4 Å². The topological polar surface area (TPSA) is 133 Å². The number of alkyl halides is 3. The fourth-order valence-corrected chi connectivity index (χ4v) is 6.94. The summed E-state index contributed by atoms with van der Waals surface area (Å²) in [6, 6.07) is 27.5. The lowest BCUT2D eigenvalue weighted by Gasteiger charge is -2.28. The summed E-state index contributed by atoms with van der Waals surface area (Å²) in [5.41, 5.74) is 1.93. The van der Waals surface area contributed by atoms with E-state index in [9.17, 15) is 26.0 Å². The second-order valence-electron chi connectivity index (χ2n) is 12.1. The van der Waals surface area contributed by atoms with E-state index < -0.39 is 22.2 Å². The van der Waals surface area contributed by atoms with Crippen LogP contribution in [0, 0.1) is 17.7 Å². The van der Waals surface area contributed by atoms with Gasteiger partial charge in [0.25, 0.3) is 0 Å². The monoisotopic (exact) mass is 711 g/mol. The van der Waals surface area contributed by atoms with E-state index in [1.54, 1.807) is 24.3 Å². The SMILES string of the molecule is O=C(O)C(F)(F)F.O=S(=O)(NCC1CCC(CNc2nc(NCCc3ccc(F)cc3)c3ccccc3n2)CC1)c1ccc2ccccc2c1. The smallest absolute Gasteiger partial charge is 0.475 e. The van der Waals surface area contributed by atoms with Gasteiger partial charge in [-0.1, -0.05) is 54.6 Å². The first-order valence-electron chi connectivity index (χ1n) is 16.1. The van der Waals surface area contributed by atoms with E-state index in [0.29, 0.717) is 35.8 Å². The number of aliphatic carboxylic acids is 1. The minimum atomic E-state index is -5.08. The van der Waals surface area contributed by atoms with Crippen molar-refractivity contribution in [3.05, 3.63) is 102 Å². The molecule has 1 fully saturated rings. The summed E-state index contributed by atoms with van der Waals surface area (Å²) in [5, 5.41) is 16.9. The zero-order valence-electron chi connectivity index (χ0n) is 27.0. The zero-order valence-corrected chi connectivity index (χ0v) is 27.8. The molecule has 1 heterocycles. The van der Waals surface area contributed by atoms with E-state index in [0.717, 1.165) is 71.7 Å². The molecular weight excluding hydrogens is 674 g/mol. The number of halogens is 4. The van der Waals surface area contributed by atoms with Crippen LogP contribution >= 0.6 is 0 Å². The van der Waals surface area contributed by atoms with Gasteiger partial charge in [-0.25, -0.2) is 27.3 Å². The largest absolute Gasteiger partial charge is 0.490 e. The molecule has 9 nitrogen and oxygen atoms in total. The molecule has 0 bridgehead atoms. The van der Waals surface area contributed by atoms with Crippen molar-refractivity contribution in [2.24, 2.45) is 11.8 Å². The molecule has 0 saturated heterocycles. The van der Waals surface area contributed by atoms with Gasteiger partial charge in [-0.3, -0.25) is 0 Å². The van der Waals surface area contributed by atoms with E-state index >= 15 is 0 Å². The number of carbonyl (C=O) groups is 1. The van der Waals surface area contributed by atoms with Crippen LogP contribution in [0.25, 0.3) is 21.7 Å². The van der Waals surface area contributed by atoms with E-state index in [4.69, 9.17) is 19.9 Å². The van der Waals surface area contributed by atoms with Crippen molar-refractivity contribution >= 4 is 49.4 Å². The van der Waals surface area contributed by atoms with Crippen LogP contribution in [0.1, 0.15) is 31.2 Å². The molecule has 1 aromatic heterocycles. The molecule has 50 heavy (non-hydrogen) atoms. The summed E-state index contributed by atoms with van der Waals surface area (Å²) in [5.74, 6) is -0.832. The standard InChI is InChI=1S/C34H36FN5O2S.C2HF3O2/c35-29-16-13-24(14-17-29)19-20-36-33-31-7-3-4-8-32(31)39-34(40-33)37-22-25-9-11-26(12-10-25)23-38-43(41,42)30-18-15-27-5-1-2-6-28(27)21-30;3-2(4,5)1(6)7/h1-8,13-18,21,25-26,38H,9-12,19-20,22-23H2,(H2,36,37,39,40);(H,6,7). The highest BCUT2D eigenvalue weighted by molar-refractivity contribution is 7.89. The van der Waals surface area contributed by atoms with Crippen molar-refractivity contribution in [1.82, 2.24) is 14.7 Å². The van der Waals surface area contributed by atoms with Gasteiger partial charge in [0.1, 0.15) is 11.6 Å². The van der Waals surface area contributed by atoms with Crippen LogP contribution in [-0.2, 0) is 21.2 Å². The van der Waals surface area contributed by atoms with Gasteiger partial charge in [-0.15, -0.1) is 0 Å². The van der Waals surface area contributed by atoms with E-state index in [2.05, 4.69) is 15.4 Å². The number of hydrogen-bond donors (Lipinski definition) is 4. The molecule has 1 saturated carbocycles. The number of aromatic nitrogens is 2. The number of anilines is 2. The molecule has 5 aromatic rings. The minimum absolute atomic E-state index is 0.232. The number of benzene rings is 4. The third-order valence-corrected chi connectivity index (χ3v) is 9.99. The molecule has 0 atom stereocenters. The maximum atomic E-state index is 13.2. The Bertz CT molecular complexity index is 2020. The Morgan fingerprint density at radius 3 is 2.10 bits per heavy atom. The Kier molecular flexibility index (Phi) is 11.9. The molecule has 0 radical (unpaired) electrons. The number of fused-ring (bicyclic) bond motifs is 2. The molecule has 264 valence electrons. The fourth-order valence-electron chi connectivity index (χ4n) is 5.79. The highest BCUT2D eigenvalue weighted by Gasteiger charge is 2.38. The summed E-state index contributed by atoms with van der Waals surface area (Å²) in [4.78, 5) is 18.7. The summed E-state index contributed by atoms with van der Waals surface area (Å²) in [6.45, 7) is 1.89. The Balaban J connectivity index is 0.000000630. The number of para-hydroxylation sites is 1. The van der Waals surface area contributed by atoms with E-state index in [1.807, 2.05) is 54.6 Å². The van der Waals surface area contributed by atoms with Crippen LogP contribution in [0.3, 0.4) is 0 Å². The number of carboxylic acid groups (broad SMARTS) is 1. The van der Waals surface area contributed by atoms with Gasteiger partial charge in [0.15, 0.2) is 0 Å². The molecule has 0 unspecified atom stereocenters. The molecule has 4 aromatic carbocycles. The van der Waals surface area contributed by atoms with Crippen LogP contribution in [0.2, 0.25) is 0 Å². The maximum absolute atomic E-state index is 13.2. The lowest BCUT2D eigenvalue weighted by molar-refractivity contribution is -0.192. The first-order chi connectivity index (χ1) is 23.9. The number of nitrogens with one attached hydrogen (secondary N) is 3. The summed E-state index contributed by atoms with van der Waals surface area (Å²) in [6.07, 6.45) is -0.344. The number of sulfonamides is 1. The molecule has 1 aliphatic carbocycles. The average Bonchev–Trinajstić information content (AvgIpc) is 3.11. The van der Waals surface area contributed by atoms with Crippen molar-refractivity contribution < 1.29 is 35.9 Å². The second-order valence-corrected chi connectivity index (χ2v) is 13.9. The molecule has 4 N–H and O–H groups in total. The molecule has 6 rings (SSSR count). The van der Waals surface area contributed by atoms with Gasteiger partial charge in [0.2, 0.25) is 16.0 Å². The van der Waals surface area contributed by atoms with Crippen LogP contribution < -0.4 is 15.4 Å². The quantitative estimate of drug-likeness (QED) is 0.104. The summed E-state index contributed by atoms with van der Waals surface area (Å²) >= 11 is 0. The van der Waals surface area contributed by atoms with Crippen LogP contribution in [-0.4, -0.2) is 55.3 Å². The molecule has 14 heteroatoms. The first kappa shape index (κ1) is 36.5. The van der Waals surface area contributed by atoms with Gasteiger partial charge < -0.3 is 15.7 Å². The molecule has 0 amide bonds. The van der Waals surface area contributed by atoms with Crippen molar-refractivity contribution in [3.8, 4) is 0 Å². The zero-order chi connectivity index (χ0) is 35.7. The molecular formula is C36H37F4N5O4S. The van der Waals surface area contributed by atoms with Crippen LogP contribution in [0.4, 0.5) is 29.3 Å². The Hall–Kier alpha value is -4.82. The van der Waals surface area contributed by atoms with Crippen molar-refractivity contribution in [1.29, 1.82) is 0 Å². The molecule has 0 aliphatic heterocycles. The Labute approximate surface area is 287 Å². The lowest BCUT2D eigenvalue weighted by atomic mass is 9.82. The van der Waals surface area contributed by atoms with Crippen molar-refractivity contribution in [2.75, 3.05) is 30.3 Å². The third-order valence-electron chi connectivity index (χ3n) is 8.57. The van der Waals surface area contributed by atoms with Gasteiger partial charge >= 0.3 is 12.1 Å². The number of rotatable bonds is 11. The highest BCUT2D eigenvalue weighted by atomic mass is 32.2. The Morgan fingerprint density at radius 1 is 0.800 bits per heavy atom. The van der Waals surface area contributed by atoms with E-state index in [-0.39, 0.29) is 5.82 Å². The third kappa shape index (κ3) is 10.1. The second kappa shape index (κ2) is 16.3. The van der Waals surface area contributed by atoms with Crippen molar-refractivity contribution in [2.45, 2.75) is 43.2 Å². The van der Waals surface area contributed by atoms with Gasteiger partial charge in [-0.05, 0) is 96.7 Å². The Morgan fingerprint density at radius 2 is 1.42 bits per heavy atom. The molecule has 1 aliphatic rings. The lowest BCUT2D eigenvalue weighted by Crippen LogP contribution is -2.32. The van der Waals surface area contributed by atoms with Crippen LogP contribution in [0.5, 0.6) is 0 Å². The average molecular weight is 712 g/mol. The fraction of sp³-hybridized carbons (Fsp3) is 0.306. The normalized spacial score (nSPS) is 16.4. The number of carboxylic acids is 1. The number of nitrogens with zero attached hydrogens (tertiary/aromatic N) is 2. The predicted molar refractivity (Wildman–Crippen MR) is 185 cm³/mol. The molecule has 0 spiro atoms. The van der Waals surface area contributed by atoms with Crippen molar-refractivity contribution in [3.63, 3.8) is 0 Å². The van der Waals surface area contributed by atoms with E-state index in [1.165, 1.54) is 12.1 Å². The summed E-state index contributed by atoms with van der Waals surface area (Å²) in [7, 11) is -3.56. The van der Waals surface area contributed by atoms with Gasteiger partial charge in [0, 0.05) is 25.0 Å². The maximum Gasteiger partial charge on any atom is 0.490 e. The summed E-state index contributed by atoms with van der Waals surface area (Å²) < 4.78 is 73.7. The minimum Gasteiger partial charge on any atom is -0.475 e. The van der Waals surface area contributed by atoms with Gasteiger partial charge in [-0.2, -0.15) is 18.2 Å². The predicted octanol–water partition coefficient (Wildman–Crippen LogP) is 7.41. The first-order valence-corrected chi connectivity index (χ1v) is 17.6.